The number of aliphatic hydroxyl groups is 2. The zero-order valence-electron chi connectivity index (χ0n) is 19.7. The number of imidazole rings is 1. The molecule has 0 saturated heterocycles. The molecule has 0 aliphatic heterocycles. The van der Waals surface area contributed by atoms with Crippen molar-refractivity contribution in [2.24, 2.45) is 5.92 Å². The van der Waals surface area contributed by atoms with Gasteiger partial charge in [-0.15, -0.1) is 0 Å². The maximum atomic E-state index is 11.5. The van der Waals surface area contributed by atoms with Crippen molar-refractivity contribution in [1.29, 1.82) is 0 Å². The summed E-state index contributed by atoms with van der Waals surface area (Å²) in [5.41, 5.74) is 2.55. The van der Waals surface area contributed by atoms with Gasteiger partial charge in [0.05, 0.1) is 12.2 Å². The van der Waals surface area contributed by atoms with Gasteiger partial charge in [0.2, 0.25) is 5.82 Å². The van der Waals surface area contributed by atoms with E-state index in [0.29, 0.717) is 17.9 Å². The highest BCUT2D eigenvalue weighted by Gasteiger charge is 2.33. The molecule has 4 N–H and O–H groups in total. The Bertz CT molecular complexity index is 1380. The van der Waals surface area contributed by atoms with Gasteiger partial charge >= 0.3 is 5.97 Å². The van der Waals surface area contributed by atoms with Gasteiger partial charge in [0.15, 0.2) is 23.2 Å². The molecular formula is C27H27N5O4. The molecule has 9 heteroatoms. The second kappa shape index (κ2) is 11.4. The number of fused-ring (bicyclic) bond motifs is 1. The highest BCUT2D eigenvalue weighted by molar-refractivity contribution is 5.83. The molecule has 4 rings (SSSR count). The first-order valence-corrected chi connectivity index (χ1v) is 11.7. The molecule has 4 aromatic rings. The SMILES string of the molecule is CC[C@H](C(=O)O)[C@@H](O)[C@@H](O)n1cnc2c(NCCc3ccccc3)nc(C#Cc3ccccc3)nc21. The zero-order valence-corrected chi connectivity index (χ0v) is 19.7. The third-order valence-electron chi connectivity index (χ3n) is 5.82. The highest BCUT2D eigenvalue weighted by Crippen LogP contribution is 2.26. The molecule has 184 valence electrons. The van der Waals surface area contributed by atoms with Gasteiger partial charge in [-0.25, -0.2) is 15.0 Å². The lowest BCUT2D eigenvalue weighted by Gasteiger charge is -2.24. The Morgan fingerprint density at radius 2 is 1.72 bits per heavy atom. The number of aromatic nitrogens is 4. The van der Waals surface area contributed by atoms with Crippen LogP contribution in [0.15, 0.2) is 67.0 Å². The van der Waals surface area contributed by atoms with E-state index in [1.807, 2.05) is 60.7 Å². The molecule has 0 unspecified atom stereocenters. The van der Waals surface area contributed by atoms with Crippen molar-refractivity contribution in [2.75, 3.05) is 11.9 Å². The van der Waals surface area contributed by atoms with E-state index in [-0.39, 0.29) is 17.9 Å². The summed E-state index contributed by atoms with van der Waals surface area (Å²) in [6.45, 7) is 2.20. The normalized spacial score (nSPS) is 13.4. The van der Waals surface area contributed by atoms with Crippen LogP contribution in [0.5, 0.6) is 0 Å². The fourth-order valence-electron chi connectivity index (χ4n) is 3.84. The predicted octanol–water partition coefficient (Wildman–Crippen LogP) is 2.84. The number of benzene rings is 2. The fourth-order valence-corrected chi connectivity index (χ4v) is 3.84. The first-order valence-electron chi connectivity index (χ1n) is 11.7. The van der Waals surface area contributed by atoms with Gasteiger partial charge in [0.25, 0.3) is 0 Å². The van der Waals surface area contributed by atoms with Gasteiger partial charge in [-0.05, 0) is 36.5 Å². The summed E-state index contributed by atoms with van der Waals surface area (Å²) in [5.74, 6) is 4.25. The van der Waals surface area contributed by atoms with Crippen LogP contribution in [0.2, 0.25) is 0 Å². The Balaban J connectivity index is 1.70. The lowest BCUT2D eigenvalue weighted by Crippen LogP contribution is -2.35. The standard InChI is InChI=1S/C27H27N5O4/c1-2-20(27(35)36)23(33)26(34)32-17-29-22-24(28-16-15-19-11-7-4-8-12-19)30-21(31-25(22)32)14-13-18-9-5-3-6-10-18/h3-12,17,20,23,26,33-34H,2,15-16H2,1H3,(H,35,36)(H,28,30,31)/t20-,23+,26+/m0/s1. The van der Waals surface area contributed by atoms with Crippen LogP contribution in [-0.4, -0.2) is 53.5 Å². The summed E-state index contributed by atoms with van der Waals surface area (Å²) in [6, 6.07) is 19.4. The second-order valence-corrected chi connectivity index (χ2v) is 8.26. The second-order valence-electron chi connectivity index (χ2n) is 8.26. The molecule has 0 aliphatic rings. The Labute approximate surface area is 208 Å². The first kappa shape index (κ1) is 24.9. The fraction of sp³-hybridized carbons (Fsp3) is 0.259. The van der Waals surface area contributed by atoms with Gasteiger partial charge in [-0.3, -0.25) is 9.36 Å². The predicted molar refractivity (Wildman–Crippen MR) is 135 cm³/mol. The molecule has 0 saturated carbocycles. The molecule has 0 radical (unpaired) electrons. The minimum atomic E-state index is -1.57. The third kappa shape index (κ3) is 5.68. The van der Waals surface area contributed by atoms with Crippen molar-refractivity contribution >= 4 is 23.0 Å². The van der Waals surface area contributed by atoms with Gasteiger partial charge < -0.3 is 20.6 Å². The minimum Gasteiger partial charge on any atom is -0.481 e. The maximum absolute atomic E-state index is 11.5. The van der Waals surface area contributed by atoms with Crippen molar-refractivity contribution in [3.8, 4) is 11.8 Å². The van der Waals surface area contributed by atoms with E-state index in [4.69, 9.17) is 0 Å². The molecule has 0 amide bonds. The summed E-state index contributed by atoms with van der Waals surface area (Å²) < 4.78 is 1.25. The van der Waals surface area contributed by atoms with Gasteiger partial charge in [-0.2, -0.15) is 0 Å². The molecule has 0 spiro atoms. The summed E-state index contributed by atoms with van der Waals surface area (Å²) >= 11 is 0. The molecule has 0 aliphatic carbocycles. The summed E-state index contributed by atoms with van der Waals surface area (Å²) in [5, 5.41) is 34.1. The van der Waals surface area contributed by atoms with Crippen LogP contribution < -0.4 is 5.32 Å². The molecule has 2 aromatic heterocycles. The molecule has 0 bridgehead atoms. The Kier molecular flexibility index (Phi) is 7.90. The lowest BCUT2D eigenvalue weighted by molar-refractivity contribution is -0.152. The van der Waals surface area contributed by atoms with Crippen LogP contribution in [0.3, 0.4) is 0 Å². The average molecular weight is 486 g/mol. The van der Waals surface area contributed by atoms with Crippen LogP contribution >= 0.6 is 0 Å². The maximum Gasteiger partial charge on any atom is 0.309 e. The van der Waals surface area contributed by atoms with E-state index in [9.17, 15) is 20.1 Å². The summed E-state index contributed by atoms with van der Waals surface area (Å²) in [6.07, 6.45) is -0.921. The number of hydrogen-bond acceptors (Lipinski definition) is 7. The van der Waals surface area contributed by atoms with Crippen LogP contribution in [0.1, 0.15) is 36.5 Å². The molecule has 0 fully saturated rings. The molecule has 2 aromatic carbocycles. The average Bonchev–Trinajstić information content (AvgIpc) is 3.32. The summed E-state index contributed by atoms with van der Waals surface area (Å²) in [7, 11) is 0. The van der Waals surface area contributed by atoms with E-state index < -0.39 is 24.2 Å². The smallest absolute Gasteiger partial charge is 0.309 e. The lowest BCUT2D eigenvalue weighted by atomic mass is 9.98. The van der Waals surface area contributed by atoms with E-state index in [0.717, 1.165) is 17.5 Å². The van der Waals surface area contributed by atoms with Gasteiger partial charge in [-0.1, -0.05) is 61.4 Å². The zero-order chi connectivity index (χ0) is 25.5. The van der Waals surface area contributed by atoms with E-state index >= 15 is 0 Å². The Morgan fingerprint density at radius 1 is 1.03 bits per heavy atom. The minimum absolute atomic E-state index is 0.148. The number of carboxylic acid groups (broad SMARTS) is 1. The van der Waals surface area contributed by atoms with E-state index in [1.54, 1.807) is 6.92 Å². The molecule has 3 atom stereocenters. The number of carboxylic acids is 1. The highest BCUT2D eigenvalue weighted by atomic mass is 16.4. The number of aliphatic hydroxyl groups excluding tert-OH is 2. The Morgan fingerprint density at radius 3 is 2.39 bits per heavy atom. The number of aliphatic carboxylic acids is 1. The van der Waals surface area contributed by atoms with Crippen molar-refractivity contribution in [1.82, 2.24) is 19.5 Å². The van der Waals surface area contributed by atoms with Gasteiger partial charge in [0.1, 0.15) is 6.10 Å². The van der Waals surface area contributed by atoms with Crippen LogP contribution in [0.25, 0.3) is 11.2 Å². The number of anilines is 1. The van der Waals surface area contributed by atoms with Crippen LogP contribution in [0, 0.1) is 17.8 Å². The van der Waals surface area contributed by atoms with Crippen molar-refractivity contribution in [2.45, 2.75) is 32.1 Å². The number of rotatable bonds is 9. The largest absolute Gasteiger partial charge is 0.481 e. The van der Waals surface area contributed by atoms with Crippen LogP contribution in [-0.2, 0) is 11.2 Å². The van der Waals surface area contributed by atoms with E-state index in [2.05, 4.69) is 32.1 Å². The van der Waals surface area contributed by atoms with Crippen molar-refractivity contribution in [3.05, 3.63) is 83.9 Å². The number of nitrogens with zero attached hydrogens (tertiary/aromatic N) is 4. The first-order chi connectivity index (χ1) is 17.5. The van der Waals surface area contributed by atoms with E-state index in [1.165, 1.54) is 10.9 Å². The summed E-state index contributed by atoms with van der Waals surface area (Å²) in [4.78, 5) is 24.9. The van der Waals surface area contributed by atoms with Crippen molar-refractivity contribution in [3.63, 3.8) is 0 Å². The molecule has 2 heterocycles. The molecule has 9 nitrogen and oxygen atoms in total. The monoisotopic (exact) mass is 485 g/mol. The number of nitrogens with one attached hydrogen (secondary N) is 1. The molecule has 36 heavy (non-hydrogen) atoms. The number of carbonyl (C=O) groups is 1. The van der Waals surface area contributed by atoms with Crippen molar-refractivity contribution < 1.29 is 20.1 Å². The molecular weight excluding hydrogens is 458 g/mol. The Hall–Kier alpha value is -4.26. The van der Waals surface area contributed by atoms with Crippen LogP contribution in [0.4, 0.5) is 5.82 Å². The topological polar surface area (TPSA) is 133 Å². The number of hydrogen-bond donors (Lipinski definition) is 4. The third-order valence-corrected chi connectivity index (χ3v) is 5.82. The van der Waals surface area contributed by atoms with Gasteiger partial charge in [0, 0.05) is 12.1 Å². The quantitative estimate of drug-likeness (QED) is 0.266.